The quantitative estimate of drug-likeness (QED) is 0.745. The van der Waals surface area contributed by atoms with Crippen LogP contribution in [0.15, 0.2) is 42.5 Å². The Kier molecular flexibility index (Phi) is 5.62. The molecule has 8 heteroatoms. The first-order valence-electron chi connectivity index (χ1n) is 8.82. The smallest absolute Gasteiger partial charge is 0.416 e. The van der Waals surface area contributed by atoms with Crippen molar-refractivity contribution in [2.24, 2.45) is 0 Å². The van der Waals surface area contributed by atoms with Crippen LogP contribution in [-0.2, 0) is 12.7 Å². The number of nitrogens with one attached hydrogen (secondary N) is 1. The maximum Gasteiger partial charge on any atom is 0.416 e. The molecule has 0 bridgehead atoms. The molecule has 150 valence electrons. The summed E-state index contributed by atoms with van der Waals surface area (Å²) in [5.74, 6) is -0.557. The van der Waals surface area contributed by atoms with Crippen LogP contribution in [0.2, 0.25) is 0 Å². The molecule has 2 aromatic carbocycles. The Morgan fingerprint density at radius 2 is 1.89 bits per heavy atom. The van der Waals surface area contributed by atoms with Crippen molar-refractivity contribution in [1.82, 2.24) is 10.2 Å². The predicted molar refractivity (Wildman–Crippen MR) is 96.6 cm³/mol. The summed E-state index contributed by atoms with van der Waals surface area (Å²) in [6.07, 6.45) is -4.92. The first kappa shape index (κ1) is 20.2. The molecule has 1 aliphatic rings. The zero-order chi connectivity index (χ0) is 20.5. The van der Waals surface area contributed by atoms with Crippen molar-refractivity contribution >= 4 is 5.91 Å². The van der Waals surface area contributed by atoms with E-state index in [0.29, 0.717) is 18.5 Å². The Labute approximate surface area is 160 Å². The van der Waals surface area contributed by atoms with Gasteiger partial charge in [0.2, 0.25) is 0 Å². The first-order valence-corrected chi connectivity index (χ1v) is 8.82. The fraction of sp³-hybridized carbons (Fsp3) is 0.350. The molecule has 28 heavy (non-hydrogen) atoms. The summed E-state index contributed by atoms with van der Waals surface area (Å²) in [5, 5.41) is 22.9. The van der Waals surface area contributed by atoms with Gasteiger partial charge in [0.15, 0.2) is 0 Å². The van der Waals surface area contributed by atoms with Crippen molar-refractivity contribution in [3.63, 3.8) is 0 Å². The number of aryl methyl sites for hydroxylation is 1. The van der Waals surface area contributed by atoms with Crippen molar-refractivity contribution in [3.8, 4) is 5.75 Å². The number of likely N-dealkylation sites (tertiary alicyclic amines) is 1. The molecule has 1 fully saturated rings. The van der Waals surface area contributed by atoms with Crippen LogP contribution in [0.3, 0.4) is 0 Å². The number of nitrogens with zero attached hydrogens (tertiary/aromatic N) is 1. The van der Waals surface area contributed by atoms with Crippen molar-refractivity contribution in [2.45, 2.75) is 38.3 Å². The van der Waals surface area contributed by atoms with Gasteiger partial charge in [-0.25, -0.2) is 0 Å². The molecule has 2 atom stereocenters. The van der Waals surface area contributed by atoms with E-state index in [4.69, 9.17) is 0 Å². The third-order valence-electron chi connectivity index (χ3n) is 4.77. The second-order valence-electron chi connectivity index (χ2n) is 7.03. The second-order valence-corrected chi connectivity index (χ2v) is 7.03. The van der Waals surface area contributed by atoms with Gasteiger partial charge in [0.05, 0.1) is 11.1 Å². The number of benzene rings is 2. The van der Waals surface area contributed by atoms with E-state index in [1.807, 2.05) is 0 Å². The summed E-state index contributed by atoms with van der Waals surface area (Å²) in [4.78, 5) is 14.1. The third kappa shape index (κ3) is 4.63. The topological polar surface area (TPSA) is 72.8 Å². The van der Waals surface area contributed by atoms with E-state index in [1.165, 1.54) is 18.2 Å². The lowest BCUT2D eigenvalue weighted by Gasteiger charge is -2.20. The Morgan fingerprint density at radius 3 is 2.54 bits per heavy atom. The number of amides is 1. The number of hydrogen-bond donors (Lipinski definition) is 3. The van der Waals surface area contributed by atoms with E-state index in [0.717, 1.165) is 17.7 Å². The Morgan fingerprint density at radius 1 is 1.21 bits per heavy atom. The number of aromatic hydroxyl groups is 1. The number of alkyl halides is 3. The monoisotopic (exact) mass is 394 g/mol. The second kappa shape index (κ2) is 7.81. The van der Waals surface area contributed by atoms with Gasteiger partial charge < -0.3 is 15.5 Å². The van der Waals surface area contributed by atoms with E-state index in [9.17, 15) is 28.2 Å². The van der Waals surface area contributed by atoms with Gasteiger partial charge in [-0.3, -0.25) is 9.69 Å². The SMILES string of the molecule is Cc1ccc(O)c(C(=O)N[C@@H]2CC(O)N(Cc3ccc(C(F)(F)F)cc3)C2)c1. The van der Waals surface area contributed by atoms with Crippen molar-refractivity contribution in [2.75, 3.05) is 6.54 Å². The van der Waals surface area contributed by atoms with Gasteiger partial charge in [-0.15, -0.1) is 0 Å². The average Bonchev–Trinajstić information content (AvgIpc) is 2.95. The number of carbonyl (C=O) groups excluding carboxylic acids is 1. The Bertz CT molecular complexity index is 853. The van der Waals surface area contributed by atoms with Gasteiger partial charge in [0, 0.05) is 25.6 Å². The minimum atomic E-state index is -4.39. The number of aliphatic hydroxyl groups is 1. The van der Waals surface area contributed by atoms with Crippen molar-refractivity contribution in [3.05, 3.63) is 64.7 Å². The molecule has 1 unspecified atom stereocenters. The molecule has 0 radical (unpaired) electrons. The zero-order valence-electron chi connectivity index (χ0n) is 15.2. The molecule has 1 heterocycles. The number of aliphatic hydroxyl groups excluding tert-OH is 1. The summed E-state index contributed by atoms with van der Waals surface area (Å²) < 4.78 is 37.9. The highest BCUT2D eigenvalue weighted by molar-refractivity contribution is 5.97. The molecule has 0 spiro atoms. The fourth-order valence-corrected chi connectivity index (χ4v) is 3.29. The predicted octanol–water partition coefficient (Wildman–Crippen LogP) is 3.04. The lowest BCUT2D eigenvalue weighted by atomic mass is 10.1. The average molecular weight is 394 g/mol. The molecule has 3 rings (SSSR count). The largest absolute Gasteiger partial charge is 0.507 e. The van der Waals surface area contributed by atoms with Crippen LogP contribution in [0.25, 0.3) is 0 Å². The van der Waals surface area contributed by atoms with Gasteiger partial charge >= 0.3 is 6.18 Å². The number of hydrogen-bond acceptors (Lipinski definition) is 4. The number of halogens is 3. The maximum absolute atomic E-state index is 12.6. The summed E-state index contributed by atoms with van der Waals surface area (Å²) in [6, 6.07) is 9.17. The molecular weight excluding hydrogens is 373 g/mol. The van der Waals surface area contributed by atoms with Crippen LogP contribution in [0.5, 0.6) is 5.75 Å². The van der Waals surface area contributed by atoms with Crippen LogP contribution < -0.4 is 5.32 Å². The van der Waals surface area contributed by atoms with Gasteiger partial charge in [0.1, 0.15) is 12.0 Å². The molecule has 1 saturated heterocycles. The minimum Gasteiger partial charge on any atom is -0.507 e. The van der Waals surface area contributed by atoms with E-state index in [2.05, 4.69) is 5.32 Å². The molecular formula is C20H21F3N2O3. The van der Waals surface area contributed by atoms with Gasteiger partial charge in [0.25, 0.3) is 5.91 Å². The summed E-state index contributed by atoms with van der Waals surface area (Å²) >= 11 is 0. The van der Waals surface area contributed by atoms with Crippen LogP contribution >= 0.6 is 0 Å². The molecule has 5 nitrogen and oxygen atoms in total. The van der Waals surface area contributed by atoms with E-state index < -0.39 is 23.9 Å². The Hall–Kier alpha value is -2.58. The zero-order valence-corrected chi connectivity index (χ0v) is 15.2. The third-order valence-corrected chi connectivity index (χ3v) is 4.77. The van der Waals surface area contributed by atoms with Gasteiger partial charge in [-0.05, 0) is 36.8 Å². The van der Waals surface area contributed by atoms with Crippen LogP contribution in [0.1, 0.15) is 33.5 Å². The van der Waals surface area contributed by atoms with E-state index >= 15 is 0 Å². The normalized spacial score (nSPS) is 20.3. The highest BCUT2D eigenvalue weighted by atomic mass is 19.4. The molecule has 2 aromatic rings. The summed E-state index contributed by atoms with van der Waals surface area (Å²) in [5.41, 5.74) is 0.908. The maximum atomic E-state index is 12.6. The van der Waals surface area contributed by atoms with Crippen LogP contribution in [0, 0.1) is 6.92 Å². The highest BCUT2D eigenvalue weighted by Crippen LogP contribution is 2.29. The number of rotatable bonds is 4. The fourth-order valence-electron chi connectivity index (χ4n) is 3.29. The van der Waals surface area contributed by atoms with E-state index in [-0.39, 0.29) is 23.9 Å². The van der Waals surface area contributed by atoms with Crippen LogP contribution in [0.4, 0.5) is 13.2 Å². The summed E-state index contributed by atoms with van der Waals surface area (Å²) in [6.45, 7) is 2.42. The lowest BCUT2D eigenvalue weighted by Crippen LogP contribution is -2.37. The number of phenols is 1. The Balaban J connectivity index is 1.61. The van der Waals surface area contributed by atoms with Gasteiger partial charge in [-0.2, -0.15) is 13.2 Å². The standard InChI is InChI=1S/C20H21F3N2O3/c1-12-2-7-17(26)16(8-12)19(28)24-15-9-18(27)25(11-15)10-13-3-5-14(6-4-13)20(21,22)23/h2-8,15,18,26-27H,9-11H2,1H3,(H,24,28)/t15-,18?/m1/s1. The highest BCUT2D eigenvalue weighted by Gasteiger charge is 2.33. The van der Waals surface area contributed by atoms with Crippen molar-refractivity contribution < 1.29 is 28.2 Å². The molecule has 3 N–H and O–H groups in total. The van der Waals surface area contributed by atoms with Crippen LogP contribution in [-0.4, -0.2) is 39.8 Å². The first-order chi connectivity index (χ1) is 13.1. The summed E-state index contributed by atoms with van der Waals surface area (Å²) in [7, 11) is 0. The molecule has 0 saturated carbocycles. The number of phenolic OH excluding ortho intramolecular Hbond substituents is 1. The van der Waals surface area contributed by atoms with E-state index in [1.54, 1.807) is 24.0 Å². The molecule has 1 amide bonds. The van der Waals surface area contributed by atoms with Gasteiger partial charge in [-0.1, -0.05) is 23.8 Å². The number of carbonyl (C=O) groups is 1. The molecule has 0 aliphatic carbocycles. The van der Waals surface area contributed by atoms with Crippen molar-refractivity contribution in [1.29, 1.82) is 0 Å². The molecule has 1 aliphatic heterocycles. The lowest BCUT2D eigenvalue weighted by molar-refractivity contribution is -0.137. The minimum absolute atomic E-state index is 0.122. The molecule has 0 aromatic heterocycles.